The van der Waals surface area contributed by atoms with Gasteiger partial charge in [0.2, 0.25) is 0 Å². The first-order valence-electron chi connectivity index (χ1n) is 12.7. The molecule has 3 aliphatic rings. The molecule has 2 N–H and O–H groups in total. The fraction of sp³-hybridized carbons (Fsp3) is 0.714. The Morgan fingerprint density at radius 3 is 2.47 bits per heavy atom. The summed E-state index contributed by atoms with van der Waals surface area (Å²) in [4.78, 5) is 24.1. The second-order valence-corrected chi connectivity index (χ2v) is 11.3. The van der Waals surface area contributed by atoms with Crippen LogP contribution in [0.3, 0.4) is 0 Å². The van der Waals surface area contributed by atoms with Crippen molar-refractivity contribution in [1.82, 2.24) is 0 Å². The molecule has 3 fully saturated rings. The summed E-state index contributed by atoms with van der Waals surface area (Å²) in [7, 11) is 1.23. The van der Waals surface area contributed by atoms with E-state index in [9.17, 15) is 19.8 Å². The molecule has 0 spiro atoms. The van der Waals surface area contributed by atoms with Crippen molar-refractivity contribution in [3.05, 3.63) is 35.5 Å². The van der Waals surface area contributed by atoms with Crippen LogP contribution in [0.4, 0.5) is 4.79 Å². The Kier molecular flexibility index (Phi) is 8.46. The number of methoxy groups -OCH3 is 1. The van der Waals surface area contributed by atoms with Crippen LogP contribution in [0.2, 0.25) is 0 Å². The SMILES string of the molecule is COC(=O)OC(C)(C)C(=O)/C=C/[C@@H](C)[C@H]1CC[C@H]2/C(=C/C=C3C[C@@H](O)C[C@H](O)C3)CCC[C@]12C. The van der Waals surface area contributed by atoms with E-state index >= 15 is 0 Å². The second kappa shape index (κ2) is 10.8. The number of aliphatic hydroxyl groups excluding tert-OH is 2. The molecule has 0 aromatic rings. The van der Waals surface area contributed by atoms with E-state index < -0.39 is 24.0 Å². The summed E-state index contributed by atoms with van der Waals surface area (Å²) in [5, 5.41) is 20.0. The molecule has 190 valence electrons. The highest BCUT2D eigenvalue weighted by molar-refractivity contribution is 5.97. The lowest BCUT2D eigenvalue weighted by atomic mass is 9.61. The molecule has 34 heavy (non-hydrogen) atoms. The average molecular weight is 475 g/mol. The van der Waals surface area contributed by atoms with E-state index in [1.165, 1.54) is 19.1 Å². The number of carbonyl (C=O) groups excluding carboxylic acids is 2. The molecule has 0 saturated heterocycles. The van der Waals surface area contributed by atoms with Gasteiger partial charge in [0.15, 0.2) is 11.4 Å². The molecule has 6 heteroatoms. The molecule has 0 heterocycles. The minimum Gasteiger partial charge on any atom is -0.438 e. The van der Waals surface area contributed by atoms with Gasteiger partial charge in [-0.1, -0.05) is 43.2 Å². The Balaban J connectivity index is 1.70. The molecule has 3 saturated carbocycles. The number of allylic oxidation sites excluding steroid dienone is 4. The van der Waals surface area contributed by atoms with Crippen LogP contribution in [0.25, 0.3) is 0 Å². The molecule has 0 unspecified atom stereocenters. The molecular weight excluding hydrogens is 432 g/mol. The number of hydrogen-bond acceptors (Lipinski definition) is 6. The van der Waals surface area contributed by atoms with Gasteiger partial charge in [0.25, 0.3) is 0 Å². The average Bonchev–Trinajstić information content (AvgIpc) is 3.12. The number of ketones is 1. The monoisotopic (exact) mass is 474 g/mol. The largest absolute Gasteiger partial charge is 0.508 e. The smallest absolute Gasteiger partial charge is 0.438 e. The van der Waals surface area contributed by atoms with Crippen LogP contribution in [-0.2, 0) is 14.3 Å². The van der Waals surface area contributed by atoms with E-state index in [0.717, 1.165) is 31.3 Å². The van der Waals surface area contributed by atoms with Gasteiger partial charge in [-0.15, -0.1) is 0 Å². The maximum atomic E-state index is 12.7. The maximum Gasteiger partial charge on any atom is 0.508 e. The Hall–Kier alpha value is -1.92. The van der Waals surface area contributed by atoms with Gasteiger partial charge in [-0.05, 0) is 94.5 Å². The van der Waals surface area contributed by atoms with Crippen molar-refractivity contribution in [2.45, 2.75) is 96.9 Å². The molecule has 3 aliphatic carbocycles. The zero-order chi connectivity index (χ0) is 25.1. The van der Waals surface area contributed by atoms with Crippen LogP contribution in [0.15, 0.2) is 35.5 Å². The van der Waals surface area contributed by atoms with Crippen molar-refractivity contribution in [2.24, 2.45) is 23.2 Å². The van der Waals surface area contributed by atoms with E-state index in [1.54, 1.807) is 19.9 Å². The molecule has 0 aromatic carbocycles. The van der Waals surface area contributed by atoms with Gasteiger partial charge in [0.05, 0.1) is 19.3 Å². The van der Waals surface area contributed by atoms with Crippen molar-refractivity contribution in [3.63, 3.8) is 0 Å². The summed E-state index contributed by atoms with van der Waals surface area (Å²) in [6.45, 7) is 7.73. The fourth-order valence-electron chi connectivity index (χ4n) is 6.55. The molecule has 0 aromatic heterocycles. The summed E-state index contributed by atoms with van der Waals surface area (Å²) in [5.74, 6) is 0.972. The summed E-state index contributed by atoms with van der Waals surface area (Å²) in [6, 6.07) is 0. The third-order valence-electron chi connectivity index (χ3n) is 8.40. The zero-order valence-electron chi connectivity index (χ0n) is 21.4. The van der Waals surface area contributed by atoms with Gasteiger partial charge in [-0.2, -0.15) is 0 Å². The number of hydrogen-bond donors (Lipinski definition) is 2. The Morgan fingerprint density at radius 2 is 1.82 bits per heavy atom. The fourth-order valence-corrected chi connectivity index (χ4v) is 6.55. The van der Waals surface area contributed by atoms with Crippen molar-refractivity contribution in [3.8, 4) is 0 Å². The summed E-state index contributed by atoms with van der Waals surface area (Å²) in [6.07, 6.45) is 13.7. The molecule has 6 atom stereocenters. The lowest BCUT2D eigenvalue weighted by molar-refractivity contribution is -0.131. The topological polar surface area (TPSA) is 93.1 Å². The highest BCUT2D eigenvalue weighted by Gasteiger charge is 2.50. The molecule has 3 rings (SSSR count). The van der Waals surface area contributed by atoms with Crippen molar-refractivity contribution >= 4 is 11.9 Å². The Bertz CT molecular complexity index is 841. The number of rotatable bonds is 6. The van der Waals surface area contributed by atoms with Gasteiger partial charge >= 0.3 is 6.16 Å². The van der Waals surface area contributed by atoms with Crippen molar-refractivity contribution in [1.29, 1.82) is 0 Å². The van der Waals surface area contributed by atoms with Gasteiger partial charge in [0.1, 0.15) is 0 Å². The zero-order valence-corrected chi connectivity index (χ0v) is 21.4. The Labute approximate surface area is 204 Å². The van der Waals surface area contributed by atoms with Crippen LogP contribution < -0.4 is 0 Å². The first-order valence-corrected chi connectivity index (χ1v) is 12.7. The van der Waals surface area contributed by atoms with Gasteiger partial charge in [-0.25, -0.2) is 4.79 Å². The first-order chi connectivity index (χ1) is 16.0. The molecule has 6 nitrogen and oxygen atoms in total. The van der Waals surface area contributed by atoms with E-state index in [0.29, 0.717) is 31.1 Å². The predicted molar refractivity (Wildman–Crippen MR) is 131 cm³/mol. The molecule has 0 aliphatic heterocycles. The third kappa shape index (κ3) is 6.01. The highest BCUT2D eigenvalue weighted by atomic mass is 16.7. The van der Waals surface area contributed by atoms with Crippen LogP contribution in [0, 0.1) is 23.2 Å². The molecule has 0 radical (unpaired) electrons. The van der Waals surface area contributed by atoms with Crippen LogP contribution >= 0.6 is 0 Å². The third-order valence-corrected chi connectivity index (χ3v) is 8.40. The normalized spacial score (nSPS) is 34.1. The predicted octanol–water partition coefficient (Wildman–Crippen LogP) is 5.28. The van der Waals surface area contributed by atoms with E-state index in [-0.39, 0.29) is 17.1 Å². The van der Waals surface area contributed by atoms with Gasteiger partial charge in [0, 0.05) is 0 Å². The molecule has 0 bridgehead atoms. The van der Waals surface area contributed by atoms with Crippen LogP contribution in [-0.4, -0.2) is 47.1 Å². The lowest BCUT2D eigenvalue weighted by Gasteiger charge is -2.44. The van der Waals surface area contributed by atoms with Crippen LogP contribution in [0.5, 0.6) is 0 Å². The summed E-state index contributed by atoms with van der Waals surface area (Å²) in [5.41, 5.74) is 1.53. The van der Waals surface area contributed by atoms with Gasteiger partial charge < -0.3 is 19.7 Å². The maximum absolute atomic E-state index is 12.7. The van der Waals surface area contributed by atoms with Crippen molar-refractivity contribution < 1.29 is 29.3 Å². The molecular formula is C28H42O6. The minimum absolute atomic E-state index is 0.180. The number of aliphatic hydroxyl groups is 2. The van der Waals surface area contributed by atoms with E-state index in [4.69, 9.17) is 4.74 Å². The number of fused-ring (bicyclic) bond motifs is 1. The quantitative estimate of drug-likeness (QED) is 0.402. The van der Waals surface area contributed by atoms with Crippen LogP contribution in [0.1, 0.15) is 79.1 Å². The Morgan fingerprint density at radius 1 is 1.15 bits per heavy atom. The number of carbonyl (C=O) groups is 2. The summed E-state index contributed by atoms with van der Waals surface area (Å²) < 4.78 is 9.63. The minimum atomic E-state index is -1.26. The second-order valence-electron chi connectivity index (χ2n) is 11.3. The summed E-state index contributed by atoms with van der Waals surface area (Å²) >= 11 is 0. The standard InChI is InChI=1S/C28H42O6/c1-18(8-13-25(31)27(2,3)34-26(32)33-5)23-11-12-24-20(7-6-14-28(23,24)4)10-9-19-15-21(29)17-22(30)16-19/h8-10,13,18,21-24,29-30H,6-7,11-12,14-17H2,1-5H3/b13-8+,20-10+/t18-,21-,22-,23-,24+,28-/m1/s1. The number of ether oxygens (including phenoxy) is 2. The van der Waals surface area contributed by atoms with E-state index in [1.807, 2.05) is 6.08 Å². The van der Waals surface area contributed by atoms with E-state index in [2.05, 4.69) is 30.7 Å². The first kappa shape index (κ1) is 26.7. The molecule has 0 amide bonds. The lowest BCUT2D eigenvalue weighted by Crippen LogP contribution is -2.37. The van der Waals surface area contributed by atoms with Crippen molar-refractivity contribution in [2.75, 3.05) is 7.11 Å². The highest BCUT2D eigenvalue weighted by Crippen LogP contribution is 2.59. The van der Waals surface area contributed by atoms with Gasteiger partial charge in [-0.3, -0.25) is 4.79 Å².